The normalized spacial score (nSPS) is 25.2. The Morgan fingerprint density at radius 2 is 1.95 bits per heavy atom. The van der Waals surface area contributed by atoms with Crippen molar-refractivity contribution in [3.63, 3.8) is 0 Å². The Morgan fingerprint density at radius 3 is 2.62 bits per heavy atom. The lowest BCUT2D eigenvalue weighted by molar-refractivity contribution is -0.140. The van der Waals surface area contributed by atoms with Crippen molar-refractivity contribution >= 4 is 11.8 Å². The molecule has 0 bridgehead atoms. The molecule has 1 aliphatic heterocycles. The fourth-order valence-corrected chi connectivity index (χ4v) is 3.27. The first-order valence-corrected chi connectivity index (χ1v) is 7.78. The third-order valence-corrected chi connectivity index (χ3v) is 4.43. The number of rotatable bonds is 6. The SMILES string of the molecule is COCCOCCN1C(=O)C2(CCCC2)NC(=O)CC1C. The van der Waals surface area contributed by atoms with Crippen LogP contribution in [0.15, 0.2) is 0 Å². The number of hydrogen-bond donors (Lipinski definition) is 1. The summed E-state index contributed by atoms with van der Waals surface area (Å²) < 4.78 is 10.4. The van der Waals surface area contributed by atoms with Gasteiger partial charge in [-0.05, 0) is 19.8 Å². The Kier molecular flexibility index (Phi) is 5.58. The van der Waals surface area contributed by atoms with Gasteiger partial charge < -0.3 is 19.7 Å². The molecule has 2 fully saturated rings. The predicted octanol–water partition coefficient (Wildman–Crippen LogP) is 0.699. The molecule has 2 rings (SSSR count). The molecule has 21 heavy (non-hydrogen) atoms. The molecule has 2 aliphatic rings. The monoisotopic (exact) mass is 298 g/mol. The Labute approximate surface area is 126 Å². The van der Waals surface area contributed by atoms with Crippen molar-refractivity contribution in [1.29, 1.82) is 0 Å². The third-order valence-electron chi connectivity index (χ3n) is 4.43. The van der Waals surface area contributed by atoms with Crippen LogP contribution in [0.25, 0.3) is 0 Å². The van der Waals surface area contributed by atoms with Gasteiger partial charge in [-0.15, -0.1) is 0 Å². The van der Waals surface area contributed by atoms with Gasteiger partial charge in [0.2, 0.25) is 11.8 Å². The van der Waals surface area contributed by atoms with Crippen molar-refractivity contribution in [3.8, 4) is 0 Å². The van der Waals surface area contributed by atoms with Crippen LogP contribution in [-0.2, 0) is 19.1 Å². The summed E-state index contributed by atoms with van der Waals surface area (Å²) >= 11 is 0. The van der Waals surface area contributed by atoms with Crippen LogP contribution >= 0.6 is 0 Å². The van der Waals surface area contributed by atoms with Crippen LogP contribution in [0.2, 0.25) is 0 Å². The minimum absolute atomic E-state index is 0.0134. The van der Waals surface area contributed by atoms with Gasteiger partial charge >= 0.3 is 0 Å². The second kappa shape index (κ2) is 7.22. The molecule has 1 N–H and O–H groups in total. The zero-order chi connectivity index (χ0) is 15.3. The number of carbonyl (C=O) groups is 2. The molecule has 2 amide bonds. The number of hydrogen-bond acceptors (Lipinski definition) is 4. The predicted molar refractivity (Wildman–Crippen MR) is 77.8 cm³/mol. The lowest BCUT2D eigenvalue weighted by Gasteiger charge is -2.34. The first-order chi connectivity index (χ1) is 10.1. The smallest absolute Gasteiger partial charge is 0.248 e. The van der Waals surface area contributed by atoms with E-state index < -0.39 is 5.54 Å². The van der Waals surface area contributed by atoms with Crippen molar-refractivity contribution in [2.45, 2.75) is 50.6 Å². The minimum Gasteiger partial charge on any atom is -0.382 e. The van der Waals surface area contributed by atoms with Crippen molar-refractivity contribution in [2.75, 3.05) is 33.5 Å². The second-order valence-electron chi connectivity index (χ2n) is 5.99. The summed E-state index contributed by atoms with van der Waals surface area (Å²) in [5.74, 6) is 0.0502. The van der Waals surface area contributed by atoms with E-state index in [2.05, 4.69) is 5.32 Å². The van der Waals surface area contributed by atoms with Gasteiger partial charge in [-0.2, -0.15) is 0 Å². The van der Waals surface area contributed by atoms with E-state index in [9.17, 15) is 9.59 Å². The van der Waals surface area contributed by atoms with E-state index in [1.807, 2.05) is 11.8 Å². The Balaban J connectivity index is 1.99. The van der Waals surface area contributed by atoms with E-state index in [1.165, 1.54) is 0 Å². The quantitative estimate of drug-likeness (QED) is 0.733. The maximum absolute atomic E-state index is 12.9. The lowest BCUT2D eigenvalue weighted by atomic mass is 9.95. The zero-order valence-electron chi connectivity index (χ0n) is 13.0. The first kappa shape index (κ1) is 16.2. The van der Waals surface area contributed by atoms with Crippen molar-refractivity contribution in [1.82, 2.24) is 10.2 Å². The molecule has 0 aromatic rings. The van der Waals surface area contributed by atoms with E-state index in [-0.39, 0.29) is 17.9 Å². The molecule has 1 saturated heterocycles. The highest BCUT2D eigenvalue weighted by Crippen LogP contribution is 2.34. The molecule has 0 aromatic heterocycles. The van der Waals surface area contributed by atoms with Crippen LogP contribution in [0, 0.1) is 0 Å². The summed E-state index contributed by atoms with van der Waals surface area (Å²) in [4.78, 5) is 26.7. The van der Waals surface area contributed by atoms with Gasteiger partial charge in [0.1, 0.15) is 5.54 Å². The summed E-state index contributed by atoms with van der Waals surface area (Å²) in [5, 5.41) is 2.98. The van der Waals surface area contributed by atoms with Crippen LogP contribution in [0.1, 0.15) is 39.0 Å². The lowest BCUT2D eigenvalue weighted by Crippen LogP contribution is -2.56. The van der Waals surface area contributed by atoms with E-state index >= 15 is 0 Å². The van der Waals surface area contributed by atoms with Gasteiger partial charge in [-0.25, -0.2) is 0 Å². The summed E-state index contributed by atoms with van der Waals surface area (Å²) in [7, 11) is 1.63. The highest BCUT2D eigenvalue weighted by atomic mass is 16.5. The van der Waals surface area contributed by atoms with Gasteiger partial charge in [0.05, 0.1) is 19.8 Å². The zero-order valence-corrected chi connectivity index (χ0v) is 13.0. The molecule has 1 aliphatic carbocycles. The Morgan fingerprint density at radius 1 is 1.24 bits per heavy atom. The number of amides is 2. The molecule has 6 nitrogen and oxygen atoms in total. The average Bonchev–Trinajstić information content (AvgIpc) is 2.88. The van der Waals surface area contributed by atoms with Gasteiger partial charge in [0.15, 0.2) is 0 Å². The molecule has 1 spiro atoms. The third kappa shape index (κ3) is 3.74. The van der Waals surface area contributed by atoms with E-state index in [4.69, 9.17) is 9.47 Å². The van der Waals surface area contributed by atoms with Crippen molar-refractivity contribution in [3.05, 3.63) is 0 Å². The maximum atomic E-state index is 12.9. The standard InChI is InChI=1S/C15H26N2O4/c1-12-11-13(18)16-15(5-3-4-6-15)14(19)17(12)7-8-21-10-9-20-2/h12H,3-11H2,1-2H3,(H,16,18). The van der Waals surface area contributed by atoms with Gasteiger partial charge in [0.25, 0.3) is 0 Å². The summed E-state index contributed by atoms with van der Waals surface area (Å²) in [6.45, 7) is 4.01. The first-order valence-electron chi connectivity index (χ1n) is 7.78. The fourth-order valence-electron chi connectivity index (χ4n) is 3.27. The molecule has 0 radical (unpaired) electrons. The molecule has 1 unspecified atom stereocenters. The summed E-state index contributed by atoms with van der Waals surface area (Å²) in [6, 6.07) is -0.0801. The van der Waals surface area contributed by atoms with E-state index in [0.29, 0.717) is 32.8 Å². The highest BCUT2D eigenvalue weighted by molar-refractivity contribution is 5.94. The second-order valence-corrected chi connectivity index (χ2v) is 5.99. The molecule has 6 heteroatoms. The molecular formula is C15H26N2O4. The molecule has 120 valence electrons. The van der Waals surface area contributed by atoms with Crippen LogP contribution < -0.4 is 5.32 Å². The molecule has 1 saturated carbocycles. The number of carbonyl (C=O) groups excluding carboxylic acids is 2. The topological polar surface area (TPSA) is 67.9 Å². The van der Waals surface area contributed by atoms with Crippen LogP contribution in [-0.4, -0.2) is 61.8 Å². The summed E-state index contributed by atoms with van der Waals surface area (Å²) in [5.41, 5.74) is -0.658. The van der Waals surface area contributed by atoms with Crippen molar-refractivity contribution < 1.29 is 19.1 Å². The Bertz CT molecular complexity index is 380. The van der Waals surface area contributed by atoms with E-state index in [0.717, 1.165) is 25.7 Å². The highest BCUT2D eigenvalue weighted by Gasteiger charge is 2.47. The number of ether oxygens (including phenoxy) is 2. The number of nitrogens with one attached hydrogen (secondary N) is 1. The Hall–Kier alpha value is -1.14. The van der Waals surface area contributed by atoms with Crippen LogP contribution in [0.5, 0.6) is 0 Å². The molecule has 0 aromatic carbocycles. The van der Waals surface area contributed by atoms with Crippen LogP contribution in [0.4, 0.5) is 0 Å². The maximum Gasteiger partial charge on any atom is 0.248 e. The minimum atomic E-state index is -0.658. The number of nitrogens with zero attached hydrogens (tertiary/aromatic N) is 1. The van der Waals surface area contributed by atoms with Gasteiger partial charge in [-0.1, -0.05) is 12.8 Å². The summed E-state index contributed by atoms with van der Waals surface area (Å²) in [6.07, 6.45) is 3.87. The molecule has 1 atom stereocenters. The van der Waals surface area contributed by atoms with E-state index in [1.54, 1.807) is 7.11 Å². The number of methoxy groups -OCH3 is 1. The van der Waals surface area contributed by atoms with Crippen molar-refractivity contribution in [2.24, 2.45) is 0 Å². The largest absolute Gasteiger partial charge is 0.382 e. The molecular weight excluding hydrogens is 272 g/mol. The average molecular weight is 298 g/mol. The molecule has 1 heterocycles. The van der Waals surface area contributed by atoms with Crippen LogP contribution in [0.3, 0.4) is 0 Å². The van der Waals surface area contributed by atoms with Gasteiger partial charge in [0, 0.05) is 26.1 Å². The van der Waals surface area contributed by atoms with Gasteiger partial charge in [-0.3, -0.25) is 9.59 Å². The fraction of sp³-hybridized carbons (Fsp3) is 0.867.